The van der Waals surface area contributed by atoms with E-state index in [4.69, 9.17) is 0 Å². The van der Waals surface area contributed by atoms with E-state index in [0.29, 0.717) is 0 Å². The van der Waals surface area contributed by atoms with Crippen molar-refractivity contribution in [3.8, 4) is 0 Å². The maximum absolute atomic E-state index is 2.67. The van der Waals surface area contributed by atoms with Gasteiger partial charge in [-0.1, -0.05) is 136 Å². The van der Waals surface area contributed by atoms with Gasteiger partial charge in [0.1, 0.15) is 0 Å². The van der Waals surface area contributed by atoms with Crippen molar-refractivity contribution >= 4 is 63.5 Å². The topological polar surface area (TPSA) is 6.48 Å². The summed E-state index contributed by atoms with van der Waals surface area (Å²) in [4.78, 5) is 5.32. The van der Waals surface area contributed by atoms with E-state index in [1.807, 2.05) is 0 Å². The molecule has 2 nitrogen and oxygen atoms in total. The van der Waals surface area contributed by atoms with Gasteiger partial charge < -0.3 is 9.80 Å². The van der Waals surface area contributed by atoms with Gasteiger partial charge in [-0.25, -0.2) is 0 Å². The van der Waals surface area contributed by atoms with Crippen LogP contribution >= 0.6 is 0 Å². The highest BCUT2D eigenvalue weighted by molar-refractivity contribution is 6.98. The van der Waals surface area contributed by atoms with Crippen molar-refractivity contribution in [3.63, 3.8) is 0 Å². The van der Waals surface area contributed by atoms with Crippen LogP contribution in [0.15, 0.2) is 108 Å². The molecule has 0 atom stereocenters. The standard InChI is InChI=1S/C46H46B2N2/c1-8-9-12-34-19-22-41-39(27-34)47(35-20-17-28(2)23-31(35)5)36-13-10-15-42-45(36)50(41)43-16-11-14-37-46(43)49(42)40-21-18-29(3)26-38(40)48(37)44-32(6)24-30(4)25-33(44)7/h11,14-27H,8-10,12-13H2,1-7H3. The molecule has 0 fully saturated rings. The molecule has 0 spiro atoms. The van der Waals surface area contributed by atoms with Crippen LogP contribution in [0.4, 0.5) is 22.7 Å². The molecule has 0 saturated carbocycles. The minimum absolute atomic E-state index is 0.162. The van der Waals surface area contributed by atoms with E-state index in [-0.39, 0.29) is 13.4 Å². The summed E-state index contributed by atoms with van der Waals surface area (Å²) in [5.41, 5.74) is 26.4. The Hall–Kier alpha value is -4.69. The Morgan fingerprint density at radius 2 is 1.30 bits per heavy atom. The maximum Gasteiger partial charge on any atom is 0.247 e. The lowest BCUT2D eigenvalue weighted by Crippen LogP contribution is -2.61. The van der Waals surface area contributed by atoms with Crippen LogP contribution in [-0.2, 0) is 6.42 Å². The number of benzene rings is 5. The first kappa shape index (κ1) is 31.3. The quantitative estimate of drug-likeness (QED) is 0.178. The smallest absolute Gasteiger partial charge is 0.247 e. The minimum atomic E-state index is 0.162. The van der Waals surface area contributed by atoms with Gasteiger partial charge in [-0.2, -0.15) is 0 Å². The number of nitrogens with zero attached hydrogens (tertiary/aromatic N) is 2. The van der Waals surface area contributed by atoms with Crippen molar-refractivity contribution in [1.82, 2.24) is 0 Å². The highest BCUT2D eigenvalue weighted by Crippen LogP contribution is 2.53. The molecule has 0 bridgehead atoms. The Morgan fingerprint density at radius 1 is 0.600 bits per heavy atom. The number of hydrogen-bond donors (Lipinski definition) is 0. The highest BCUT2D eigenvalue weighted by atomic mass is 15.3. The molecular weight excluding hydrogens is 602 g/mol. The van der Waals surface area contributed by atoms with Crippen molar-refractivity contribution in [3.05, 3.63) is 147 Å². The Labute approximate surface area is 299 Å². The number of allylic oxidation sites excluding steroid dienone is 2. The van der Waals surface area contributed by atoms with E-state index in [2.05, 4.69) is 149 Å². The van der Waals surface area contributed by atoms with Gasteiger partial charge >= 0.3 is 0 Å². The van der Waals surface area contributed by atoms with Gasteiger partial charge in [0.05, 0.1) is 22.8 Å². The second-order valence-corrected chi connectivity index (χ2v) is 15.5. The first-order valence-electron chi connectivity index (χ1n) is 18.8. The molecule has 5 aromatic rings. The second kappa shape index (κ2) is 11.7. The zero-order valence-corrected chi connectivity index (χ0v) is 30.7. The number of aryl methyl sites for hydroxylation is 7. The van der Waals surface area contributed by atoms with E-state index < -0.39 is 0 Å². The van der Waals surface area contributed by atoms with E-state index in [1.54, 1.807) is 5.47 Å². The molecule has 3 heterocycles. The third kappa shape index (κ3) is 4.57. The predicted molar refractivity (Wildman–Crippen MR) is 218 cm³/mol. The van der Waals surface area contributed by atoms with Crippen LogP contribution < -0.4 is 37.1 Å². The average Bonchev–Trinajstić information content (AvgIpc) is 3.09. The Morgan fingerprint density at radius 3 is 2.08 bits per heavy atom. The van der Waals surface area contributed by atoms with E-state index in [1.165, 1.54) is 113 Å². The Bertz CT molecular complexity index is 2290. The summed E-state index contributed by atoms with van der Waals surface area (Å²) in [6.07, 6.45) is 8.21. The van der Waals surface area contributed by atoms with Crippen molar-refractivity contribution in [2.45, 2.75) is 80.6 Å². The molecule has 1 aliphatic carbocycles. The van der Waals surface area contributed by atoms with Crippen LogP contribution in [0.3, 0.4) is 0 Å². The molecule has 246 valence electrons. The van der Waals surface area contributed by atoms with Crippen molar-refractivity contribution in [2.24, 2.45) is 0 Å². The van der Waals surface area contributed by atoms with Crippen LogP contribution in [0.5, 0.6) is 0 Å². The minimum Gasteiger partial charge on any atom is -0.308 e. The summed E-state index contributed by atoms with van der Waals surface area (Å²) in [6, 6.07) is 33.6. The normalized spacial score (nSPS) is 15.5. The maximum atomic E-state index is 2.67. The summed E-state index contributed by atoms with van der Waals surface area (Å²) in [6.45, 7) is 16.3. The lowest BCUT2D eigenvalue weighted by atomic mass is 9.32. The van der Waals surface area contributed by atoms with Gasteiger partial charge in [0, 0.05) is 11.4 Å². The molecule has 3 aliphatic heterocycles. The Balaban J connectivity index is 1.36. The number of unbranched alkanes of at least 4 members (excludes halogenated alkanes) is 1. The van der Waals surface area contributed by atoms with E-state index in [0.717, 1.165) is 19.3 Å². The van der Waals surface area contributed by atoms with Gasteiger partial charge in [-0.05, 0) is 107 Å². The summed E-state index contributed by atoms with van der Waals surface area (Å²) in [5, 5.41) is 0. The van der Waals surface area contributed by atoms with Crippen LogP contribution in [0, 0.1) is 41.5 Å². The molecule has 0 amide bonds. The first-order chi connectivity index (χ1) is 24.2. The van der Waals surface area contributed by atoms with Gasteiger partial charge in [0.15, 0.2) is 0 Å². The summed E-state index contributed by atoms with van der Waals surface area (Å²) in [7, 11) is 0. The molecule has 0 unspecified atom stereocenters. The van der Waals surface area contributed by atoms with E-state index >= 15 is 0 Å². The molecule has 0 N–H and O–H groups in total. The van der Waals surface area contributed by atoms with Crippen molar-refractivity contribution < 1.29 is 0 Å². The largest absolute Gasteiger partial charge is 0.308 e. The molecule has 0 aromatic heterocycles. The van der Waals surface area contributed by atoms with Crippen LogP contribution in [-0.4, -0.2) is 13.4 Å². The third-order valence-corrected chi connectivity index (χ3v) is 11.9. The highest BCUT2D eigenvalue weighted by Gasteiger charge is 2.48. The monoisotopic (exact) mass is 648 g/mol. The number of fused-ring (bicyclic) bond motifs is 6. The second-order valence-electron chi connectivity index (χ2n) is 15.5. The molecule has 0 saturated heterocycles. The van der Waals surface area contributed by atoms with Crippen molar-refractivity contribution in [1.29, 1.82) is 0 Å². The molecule has 0 radical (unpaired) electrons. The summed E-state index contributed by atoms with van der Waals surface area (Å²) >= 11 is 0. The zero-order valence-electron chi connectivity index (χ0n) is 30.7. The average molecular weight is 649 g/mol. The molecule has 4 heteroatoms. The van der Waals surface area contributed by atoms with Gasteiger partial charge in [0.2, 0.25) is 13.4 Å². The van der Waals surface area contributed by atoms with Gasteiger partial charge in [0.25, 0.3) is 0 Å². The zero-order chi connectivity index (χ0) is 34.4. The number of anilines is 4. The molecule has 4 aliphatic rings. The lowest BCUT2D eigenvalue weighted by molar-refractivity contribution is 0.795. The van der Waals surface area contributed by atoms with Crippen LogP contribution in [0.25, 0.3) is 0 Å². The van der Waals surface area contributed by atoms with Gasteiger partial charge in [-0.15, -0.1) is 0 Å². The lowest BCUT2D eigenvalue weighted by Gasteiger charge is -2.51. The molecule has 50 heavy (non-hydrogen) atoms. The molecular formula is C46H46B2N2. The Kier molecular flexibility index (Phi) is 7.32. The number of para-hydroxylation sites is 1. The first-order valence-corrected chi connectivity index (χ1v) is 18.8. The van der Waals surface area contributed by atoms with Crippen LogP contribution in [0.2, 0.25) is 0 Å². The fraction of sp³-hybridized carbons (Fsp3) is 0.261. The van der Waals surface area contributed by atoms with Gasteiger partial charge in [-0.3, -0.25) is 0 Å². The predicted octanol–water partition coefficient (Wildman–Crippen LogP) is 8.09. The summed E-state index contributed by atoms with van der Waals surface area (Å²) in [5.74, 6) is 0. The van der Waals surface area contributed by atoms with E-state index in [9.17, 15) is 0 Å². The number of hydrogen-bond acceptors (Lipinski definition) is 2. The fourth-order valence-corrected chi connectivity index (χ4v) is 9.93. The number of rotatable bonds is 5. The van der Waals surface area contributed by atoms with Crippen molar-refractivity contribution in [2.75, 3.05) is 9.80 Å². The third-order valence-electron chi connectivity index (χ3n) is 11.9. The molecule has 5 aromatic carbocycles. The molecule has 9 rings (SSSR count). The SMILES string of the molecule is CCCCc1ccc2c(c1)B(c1ccc(C)cc1C)C1=C3C(=CCC1)N1c4ccc(C)cc4B(c4c(C)cc(C)cc4C)c4cccc(c41)N32. The summed E-state index contributed by atoms with van der Waals surface area (Å²) < 4.78 is 0. The van der Waals surface area contributed by atoms with Crippen LogP contribution in [0.1, 0.15) is 71.6 Å². The fourth-order valence-electron chi connectivity index (χ4n) is 9.93.